The van der Waals surface area contributed by atoms with E-state index in [1.807, 2.05) is 0 Å². The Hall–Kier alpha value is -1.14. The number of nitrogens with one attached hydrogen (secondary N) is 1. The molecule has 1 heterocycles. The predicted octanol–water partition coefficient (Wildman–Crippen LogP) is -0.521. The summed E-state index contributed by atoms with van der Waals surface area (Å²) in [6.45, 7) is 2.34. The molecule has 0 atom stereocenters. The molecular formula is C12H23N3O3. The highest BCUT2D eigenvalue weighted by Gasteiger charge is 2.25. The molecule has 0 spiro atoms. The number of ether oxygens (including phenoxy) is 1. The summed E-state index contributed by atoms with van der Waals surface area (Å²) >= 11 is 0. The molecule has 1 aliphatic heterocycles. The van der Waals surface area contributed by atoms with Crippen molar-refractivity contribution in [2.75, 3.05) is 33.4 Å². The van der Waals surface area contributed by atoms with Crippen molar-refractivity contribution in [3.8, 4) is 0 Å². The average molecular weight is 257 g/mol. The van der Waals surface area contributed by atoms with E-state index in [-0.39, 0.29) is 18.5 Å². The molecule has 0 radical (unpaired) electrons. The maximum Gasteiger partial charge on any atom is 0.237 e. The van der Waals surface area contributed by atoms with Gasteiger partial charge in [0.1, 0.15) is 0 Å². The number of piperidine rings is 1. The predicted molar refractivity (Wildman–Crippen MR) is 67.9 cm³/mol. The lowest BCUT2D eigenvalue weighted by atomic mass is 10.0. The van der Waals surface area contributed by atoms with Gasteiger partial charge in [-0.25, -0.2) is 0 Å². The number of hydrogen-bond acceptors (Lipinski definition) is 4. The fraction of sp³-hybridized carbons (Fsp3) is 0.833. The number of nitrogens with two attached hydrogens (primary N) is 1. The first-order chi connectivity index (χ1) is 8.65. The maximum atomic E-state index is 12.1. The molecule has 18 heavy (non-hydrogen) atoms. The summed E-state index contributed by atoms with van der Waals surface area (Å²) in [4.78, 5) is 24.8. The summed E-state index contributed by atoms with van der Waals surface area (Å²) in [5.74, 6) is -0.452. The highest BCUT2D eigenvalue weighted by atomic mass is 16.5. The molecular weight excluding hydrogens is 234 g/mol. The van der Waals surface area contributed by atoms with Gasteiger partial charge in [-0.3, -0.25) is 9.59 Å². The molecule has 6 heteroatoms. The number of amides is 2. The topological polar surface area (TPSA) is 84.7 Å². The Kier molecular flexibility index (Phi) is 6.67. The van der Waals surface area contributed by atoms with Crippen molar-refractivity contribution < 1.29 is 14.3 Å². The van der Waals surface area contributed by atoms with Crippen LogP contribution in [-0.2, 0) is 14.3 Å². The quantitative estimate of drug-likeness (QED) is 0.601. The van der Waals surface area contributed by atoms with Gasteiger partial charge in [0, 0.05) is 26.2 Å². The van der Waals surface area contributed by atoms with Crippen molar-refractivity contribution in [1.82, 2.24) is 10.2 Å². The minimum Gasteiger partial charge on any atom is -0.385 e. The standard InChI is InChI=1S/C12H23N3O3/c1-18-8-2-3-12(17)15(9-11(13)16)10-4-6-14-7-5-10/h10,14H,2-9H2,1H3,(H2,13,16). The van der Waals surface area contributed by atoms with Crippen LogP contribution in [0.25, 0.3) is 0 Å². The van der Waals surface area contributed by atoms with Crippen LogP contribution in [0.15, 0.2) is 0 Å². The van der Waals surface area contributed by atoms with Crippen LogP contribution in [0.5, 0.6) is 0 Å². The highest BCUT2D eigenvalue weighted by molar-refractivity contribution is 5.84. The van der Waals surface area contributed by atoms with Crippen LogP contribution in [0.1, 0.15) is 25.7 Å². The van der Waals surface area contributed by atoms with E-state index in [2.05, 4.69) is 5.32 Å². The monoisotopic (exact) mass is 257 g/mol. The molecule has 6 nitrogen and oxygen atoms in total. The third kappa shape index (κ3) is 5.01. The molecule has 0 aliphatic carbocycles. The van der Waals surface area contributed by atoms with Crippen LogP contribution in [-0.4, -0.2) is 56.1 Å². The summed E-state index contributed by atoms with van der Waals surface area (Å²) in [6.07, 6.45) is 2.84. The smallest absolute Gasteiger partial charge is 0.237 e. The molecule has 0 saturated carbocycles. The second-order valence-corrected chi connectivity index (χ2v) is 4.57. The van der Waals surface area contributed by atoms with Gasteiger partial charge in [0.2, 0.25) is 11.8 Å². The normalized spacial score (nSPS) is 16.5. The number of carbonyl (C=O) groups excluding carboxylic acids is 2. The van der Waals surface area contributed by atoms with Crippen molar-refractivity contribution in [2.45, 2.75) is 31.7 Å². The highest BCUT2D eigenvalue weighted by Crippen LogP contribution is 2.13. The summed E-state index contributed by atoms with van der Waals surface area (Å²) < 4.78 is 4.93. The molecule has 1 saturated heterocycles. The lowest BCUT2D eigenvalue weighted by Gasteiger charge is -2.34. The molecule has 0 bridgehead atoms. The molecule has 0 unspecified atom stereocenters. The van der Waals surface area contributed by atoms with Crippen molar-refractivity contribution in [3.05, 3.63) is 0 Å². The van der Waals surface area contributed by atoms with E-state index in [1.54, 1.807) is 12.0 Å². The minimum atomic E-state index is -0.450. The maximum absolute atomic E-state index is 12.1. The number of carbonyl (C=O) groups is 2. The van der Waals surface area contributed by atoms with Crippen molar-refractivity contribution in [2.24, 2.45) is 5.73 Å². The van der Waals surface area contributed by atoms with E-state index in [0.29, 0.717) is 19.4 Å². The number of primary amides is 1. The lowest BCUT2D eigenvalue weighted by molar-refractivity contribution is -0.138. The summed E-state index contributed by atoms with van der Waals surface area (Å²) in [7, 11) is 1.61. The van der Waals surface area contributed by atoms with Gasteiger partial charge in [0.25, 0.3) is 0 Å². The average Bonchev–Trinajstić information content (AvgIpc) is 2.37. The second-order valence-electron chi connectivity index (χ2n) is 4.57. The van der Waals surface area contributed by atoms with Gasteiger partial charge in [-0.1, -0.05) is 0 Å². The largest absolute Gasteiger partial charge is 0.385 e. The zero-order valence-corrected chi connectivity index (χ0v) is 11.0. The van der Waals surface area contributed by atoms with E-state index >= 15 is 0 Å². The molecule has 0 aromatic carbocycles. The molecule has 1 rings (SSSR count). The Morgan fingerprint density at radius 3 is 2.61 bits per heavy atom. The number of hydrogen-bond donors (Lipinski definition) is 2. The fourth-order valence-electron chi connectivity index (χ4n) is 2.22. The van der Waals surface area contributed by atoms with E-state index in [4.69, 9.17) is 10.5 Å². The van der Waals surface area contributed by atoms with Gasteiger partial charge < -0.3 is 20.7 Å². The van der Waals surface area contributed by atoms with Gasteiger partial charge in [-0.05, 0) is 32.4 Å². The van der Waals surface area contributed by atoms with E-state index in [0.717, 1.165) is 25.9 Å². The minimum absolute atomic E-state index is 0.00208. The Morgan fingerprint density at radius 1 is 1.39 bits per heavy atom. The van der Waals surface area contributed by atoms with E-state index in [1.165, 1.54) is 0 Å². The fourth-order valence-corrected chi connectivity index (χ4v) is 2.22. The third-order valence-corrected chi connectivity index (χ3v) is 3.14. The molecule has 3 N–H and O–H groups in total. The summed E-state index contributed by atoms with van der Waals surface area (Å²) in [5, 5.41) is 3.24. The van der Waals surface area contributed by atoms with Crippen LogP contribution in [0.4, 0.5) is 0 Å². The first kappa shape index (κ1) is 14.9. The zero-order valence-electron chi connectivity index (χ0n) is 11.0. The third-order valence-electron chi connectivity index (χ3n) is 3.14. The van der Waals surface area contributed by atoms with Crippen LogP contribution >= 0.6 is 0 Å². The van der Waals surface area contributed by atoms with Crippen LogP contribution in [0, 0.1) is 0 Å². The lowest BCUT2D eigenvalue weighted by Crippen LogP contribution is -2.49. The molecule has 104 valence electrons. The van der Waals surface area contributed by atoms with Gasteiger partial charge >= 0.3 is 0 Å². The zero-order chi connectivity index (χ0) is 13.4. The number of rotatable bonds is 7. The Morgan fingerprint density at radius 2 is 2.06 bits per heavy atom. The molecule has 1 aliphatic rings. The Bertz CT molecular complexity index is 278. The SMILES string of the molecule is COCCCC(=O)N(CC(N)=O)C1CCNCC1. The summed E-state index contributed by atoms with van der Waals surface area (Å²) in [6, 6.07) is 0.133. The molecule has 2 amide bonds. The summed E-state index contributed by atoms with van der Waals surface area (Å²) in [5.41, 5.74) is 5.22. The van der Waals surface area contributed by atoms with Crippen LogP contribution in [0.2, 0.25) is 0 Å². The molecule has 0 aromatic rings. The molecule has 0 aromatic heterocycles. The Balaban J connectivity index is 2.52. The van der Waals surface area contributed by atoms with Crippen LogP contribution in [0.3, 0.4) is 0 Å². The first-order valence-electron chi connectivity index (χ1n) is 6.42. The molecule has 1 fully saturated rings. The van der Waals surface area contributed by atoms with E-state index < -0.39 is 5.91 Å². The van der Waals surface area contributed by atoms with Crippen LogP contribution < -0.4 is 11.1 Å². The number of methoxy groups -OCH3 is 1. The first-order valence-corrected chi connectivity index (χ1v) is 6.42. The van der Waals surface area contributed by atoms with Crippen molar-refractivity contribution in [1.29, 1.82) is 0 Å². The van der Waals surface area contributed by atoms with Crippen molar-refractivity contribution in [3.63, 3.8) is 0 Å². The van der Waals surface area contributed by atoms with Gasteiger partial charge in [-0.15, -0.1) is 0 Å². The Labute approximate surface area is 108 Å². The second kappa shape index (κ2) is 8.05. The van der Waals surface area contributed by atoms with Gasteiger partial charge in [0.05, 0.1) is 6.54 Å². The van der Waals surface area contributed by atoms with Gasteiger partial charge in [-0.2, -0.15) is 0 Å². The number of nitrogens with zero attached hydrogens (tertiary/aromatic N) is 1. The van der Waals surface area contributed by atoms with Gasteiger partial charge in [0.15, 0.2) is 0 Å². The van der Waals surface area contributed by atoms with E-state index in [9.17, 15) is 9.59 Å². The van der Waals surface area contributed by atoms with Crippen molar-refractivity contribution >= 4 is 11.8 Å².